The molecule has 0 bridgehead atoms. The Hall–Kier alpha value is -1.80. The molecule has 0 atom stereocenters. The summed E-state index contributed by atoms with van der Waals surface area (Å²) < 4.78 is 6.34. The van der Waals surface area contributed by atoms with E-state index in [1.165, 1.54) is 7.11 Å². The molecule has 16 heavy (non-hydrogen) atoms. The highest BCUT2D eigenvalue weighted by atomic mass is 16.5. The van der Waals surface area contributed by atoms with Crippen LogP contribution >= 0.6 is 0 Å². The highest BCUT2D eigenvalue weighted by Crippen LogP contribution is 2.12. The van der Waals surface area contributed by atoms with Gasteiger partial charge in [0, 0.05) is 19.3 Å². The molecular formula is C11H15N3O2. The van der Waals surface area contributed by atoms with E-state index in [1.807, 2.05) is 24.6 Å². The average Bonchev–Trinajstić information content (AvgIpc) is 2.56. The topological polar surface area (TPSA) is 67.0 Å². The van der Waals surface area contributed by atoms with Crippen LogP contribution < -0.4 is 5.32 Å². The molecule has 0 fully saturated rings. The number of ether oxygens (including phenoxy) is 1. The molecule has 1 aromatic heterocycles. The maximum atomic E-state index is 10.9. The normalized spacial score (nSPS) is 9.88. The molecule has 86 valence electrons. The number of rotatable bonds is 4. The summed E-state index contributed by atoms with van der Waals surface area (Å²) in [5, 5.41) is 11.8. The first-order chi connectivity index (χ1) is 7.60. The van der Waals surface area contributed by atoms with Crippen molar-refractivity contribution in [3.63, 3.8) is 0 Å². The number of nitrogens with one attached hydrogen (secondary N) is 1. The zero-order chi connectivity index (χ0) is 12.1. The van der Waals surface area contributed by atoms with Crippen molar-refractivity contribution in [3.8, 4) is 6.07 Å². The van der Waals surface area contributed by atoms with E-state index >= 15 is 0 Å². The van der Waals surface area contributed by atoms with Crippen LogP contribution in [0.5, 0.6) is 0 Å². The number of hydrogen-bond acceptors (Lipinski definition) is 4. The maximum Gasteiger partial charge on any atom is 0.319 e. The van der Waals surface area contributed by atoms with Crippen LogP contribution in [0.3, 0.4) is 0 Å². The Kier molecular flexibility index (Phi) is 4.09. The van der Waals surface area contributed by atoms with E-state index in [4.69, 9.17) is 5.26 Å². The highest BCUT2D eigenvalue weighted by molar-refractivity contribution is 5.71. The van der Waals surface area contributed by atoms with Crippen molar-refractivity contribution >= 4 is 5.97 Å². The Labute approximate surface area is 94.6 Å². The summed E-state index contributed by atoms with van der Waals surface area (Å²) in [4.78, 5) is 10.9. The molecule has 0 spiro atoms. The van der Waals surface area contributed by atoms with Gasteiger partial charge >= 0.3 is 5.97 Å². The van der Waals surface area contributed by atoms with Gasteiger partial charge in [-0.05, 0) is 18.6 Å². The van der Waals surface area contributed by atoms with Gasteiger partial charge in [-0.15, -0.1) is 0 Å². The summed E-state index contributed by atoms with van der Waals surface area (Å²) in [6, 6.07) is 3.93. The van der Waals surface area contributed by atoms with E-state index in [0.717, 1.165) is 11.3 Å². The second kappa shape index (κ2) is 5.33. The summed E-state index contributed by atoms with van der Waals surface area (Å²) >= 11 is 0. The number of methoxy groups -OCH3 is 1. The van der Waals surface area contributed by atoms with Gasteiger partial charge in [0.2, 0.25) is 0 Å². The van der Waals surface area contributed by atoms with Crippen LogP contribution in [-0.2, 0) is 23.1 Å². The minimum atomic E-state index is -0.297. The number of nitrogens with zero attached hydrogens (tertiary/aromatic N) is 2. The molecule has 1 N–H and O–H groups in total. The Bertz CT molecular complexity index is 429. The molecule has 0 aromatic carbocycles. The van der Waals surface area contributed by atoms with Gasteiger partial charge in [-0.25, -0.2) is 0 Å². The van der Waals surface area contributed by atoms with Crippen molar-refractivity contribution < 1.29 is 9.53 Å². The van der Waals surface area contributed by atoms with Crippen molar-refractivity contribution in [2.75, 3.05) is 13.7 Å². The Balaban J connectivity index is 2.62. The maximum absolute atomic E-state index is 10.9. The van der Waals surface area contributed by atoms with Crippen molar-refractivity contribution in [2.24, 2.45) is 7.05 Å². The van der Waals surface area contributed by atoms with Crippen LogP contribution in [0.25, 0.3) is 0 Å². The molecular weight excluding hydrogens is 206 g/mol. The molecule has 0 saturated carbocycles. The van der Waals surface area contributed by atoms with Crippen molar-refractivity contribution in [1.82, 2.24) is 9.88 Å². The first-order valence-electron chi connectivity index (χ1n) is 4.93. The molecule has 0 unspecified atom stereocenters. The molecule has 1 heterocycles. The fraction of sp³-hybridized carbons (Fsp3) is 0.455. The lowest BCUT2D eigenvalue weighted by atomic mass is 10.2. The van der Waals surface area contributed by atoms with Gasteiger partial charge in [0.1, 0.15) is 11.8 Å². The molecule has 1 aromatic rings. The molecule has 0 amide bonds. The number of carbonyl (C=O) groups is 1. The third kappa shape index (κ3) is 2.61. The van der Waals surface area contributed by atoms with E-state index in [-0.39, 0.29) is 12.5 Å². The fourth-order valence-corrected chi connectivity index (χ4v) is 1.42. The van der Waals surface area contributed by atoms with Gasteiger partial charge in [0.15, 0.2) is 0 Å². The van der Waals surface area contributed by atoms with Crippen LogP contribution in [0.2, 0.25) is 0 Å². The van der Waals surface area contributed by atoms with E-state index in [0.29, 0.717) is 12.2 Å². The van der Waals surface area contributed by atoms with Crippen molar-refractivity contribution in [3.05, 3.63) is 23.0 Å². The van der Waals surface area contributed by atoms with Crippen LogP contribution in [0.4, 0.5) is 0 Å². The Morgan fingerprint density at radius 3 is 2.88 bits per heavy atom. The molecule has 0 aliphatic rings. The van der Waals surface area contributed by atoms with Gasteiger partial charge in [-0.3, -0.25) is 4.79 Å². The second-order valence-electron chi connectivity index (χ2n) is 3.49. The SMILES string of the molecule is COC(=O)CNCc1cc(C#N)n(C)c1C. The van der Waals surface area contributed by atoms with E-state index in [9.17, 15) is 4.79 Å². The Morgan fingerprint density at radius 2 is 2.38 bits per heavy atom. The molecule has 0 saturated heterocycles. The summed E-state index contributed by atoms with van der Waals surface area (Å²) in [7, 11) is 3.20. The average molecular weight is 221 g/mol. The van der Waals surface area contributed by atoms with Gasteiger partial charge in [0.05, 0.1) is 13.7 Å². The van der Waals surface area contributed by atoms with E-state index in [2.05, 4.69) is 16.1 Å². The lowest BCUT2D eigenvalue weighted by molar-refractivity contribution is -0.139. The van der Waals surface area contributed by atoms with Crippen LogP contribution in [-0.4, -0.2) is 24.2 Å². The fourth-order valence-electron chi connectivity index (χ4n) is 1.42. The number of carbonyl (C=O) groups excluding carboxylic acids is 1. The number of esters is 1. The second-order valence-corrected chi connectivity index (χ2v) is 3.49. The summed E-state index contributed by atoms with van der Waals surface area (Å²) in [5.41, 5.74) is 2.66. The predicted octanol–water partition coefficient (Wildman–Crippen LogP) is 0.468. The van der Waals surface area contributed by atoms with E-state index < -0.39 is 0 Å². The highest BCUT2D eigenvalue weighted by Gasteiger charge is 2.08. The number of hydrogen-bond donors (Lipinski definition) is 1. The summed E-state index contributed by atoms with van der Waals surface area (Å²) in [6.07, 6.45) is 0. The third-order valence-corrected chi connectivity index (χ3v) is 2.57. The standard InChI is InChI=1S/C11H15N3O2/c1-8-9(4-10(5-12)14(8)2)6-13-7-11(15)16-3/h4,13H,6-7H2,1-3H3. The lowest BCUT2D eigenvalue weighted by Gasteiger charge is -2.03. The lowest BCUT2D eigenvalue weighted by Crippen LogP contribution is -2.23. The molecule has 5 heteroatoms. The first-order valence-corrected chi connectivity index (χ1v) is 4.93. The molecule has 1 rings (SSSR count). The number of aromatic nitrogens is 1. The summed E-state index contributed by atoms with van der Waals surface area (Å²) in [6.45, 7) is 2.67. The van der Waals surface area contributed by atoms with Crippen molar-refractivity contribution in [2.45, 2.75) is 13.5 Å². The minimum absolute atomic E-state index is 0.173. The molecule has 0 radical (unpaired) electrons. The molecule has 0 aliphatic heterocycles. The zero-order valence-corrected chi connectivity index (χ0v) is 9.70. The van der Waals surface area contributed by atoms with Gasteiger partial charge < -0.3 is 14.6 Å². The van der Waals surface area contributed by atoms with Gasteiger partial charge in [-0.1, -0.05) is 0 Å². The molecule has 0 aliphatic carbocycles. The van der Waals surface area contributed by atoms with Crippen LogP contribution in [0, 0.1) is 18.3 Å². The summed E-state index contributed by atoms with van der Waals surface area (Å²) in [5.74, 6) is -0.297. The Morgan fingerprint density at radius 1 is 1.69 bits per heavy atom. The largest absolute Gasteiger partial charge is 0.468 e. The smallest absolute Gasteiger partial charge is 0.319 e. The first kappa shape index (κ1) is 12.3. The number of nitriles is 1. The van der Waals surface area contributed by atoms with Gasteiger partial charge in [0.25, 0.3) is 0 Å². The molecule has 5 nitrogen and oxygen atoms in total. The predicted molar refractivity (Wildman–Crippen MR) is 58.6 cm³/mol. The minimum Gasteiger partial charge on any atom is -0.468 e. The third-order valence-electron chi connectivity index (χ3n) is 2.57. The quantitative estimate of drug-likeness (QED) is 0.750. The van der Waals surface area contributed by atoms with Crippen LogP contribution in [0.15, 0.2) is 6.07 Å². The van der Waals surface area contributed by atoms with Gasteiger partial charge in [-0.2, -0.15) is 5.26 Å². The van der Waals surface area contributed by atoms with Crippen molar-refractivity contribution in [1.29, 1.82) is 5.26 Å². The van der Waals surface area contributed by atoms with Crippen LogP contribution in [0.1, 0.15) is 17.0 Å². The zero-order valence-electron chi connectivity index (χ0n) is 9.70. The monoisotopic (exact) mass is 221 g/mol. The van der Waals surface area contributed by atoms with E-state index in [1.54, 1.807) is 0 Å².